The summed E-state index contributed by atoms with van der Waals surface area (Å²) < 4.78 is 7.19. The summed E-state index contributed by atoms with van der Waals surface area (Å²) in [5, 5.41) is 21.3. The topological polar surface area (TPSA) is 112 Å². The number of aromatic nitrogens is 4. The first kappa shape index (κ1) is 13.0. The van der Waals surface area contributed by atoms with E-state index in [2.05, 4.69) is 20.6 Å². The van der Waals surface area contributed by atoms with Gasteiger partial charge in [0.2, 0.25) is 0 Å². The smallest absolute Gasteiger partial charge is 0.295 e. The van der Waals surface area contributed by atoms with E-state index in [0.717, 1.165) is 13.0 Å². The van der Waals surface area contributed by atoms with Crippen molar-refractivity contribution >= 4 is 22.8 Å². The van der Waals surface area contributed by atoms with E-state index in [0.29, 0.717) is 23.7 Å². The molecule has 0 aliphatic carbocycles. The van der Waals surface area contributed by atoms with Gasteiger partial charge in [0.15, 0.2) is 5.58 Å². The van der Waals surface area contributed by atoms with Crippen LogP contribution in [0.15, 0.2) is 35.0 Å². The Bertz CT molecular complexity index is 752. The molecule has 0 aliphatic heterocycles. The lowest BCUT2D eigenvalue weighted by atomic mass is 10.3. The summed E-state index contributed by atoms with van der Waals surface area (Å²) in [5.74, 6) is 0. The van der Waals surface area contributed by atoms with Crippen molar-refractivity contribution in [2.75, 3.05) is 11.9 Å². The van der Waals surface area contributed by atoms with E-state index in [4.69, 9.17) is 4.42 Å². The van der Waals surface area contributed by atoms with Gasteiger partial charge in [-0.25, -0.2) is 0 Å². The summed E-state index contributed by atoms with van der Waals surface area (Å²) in [6.07, 6.45) is 4.24. The molecule has 0 spiro atoms. The fraction of sp³-hybridized carbons (Fsp3) is 0.250. The van der Waals surface area contributed by atoms with Gasteiger partial charge in [0.05, 0.1) is 11.1 Å². The Kier molecular flexibility index (Phi) is 3.46. The van der Waals surface area contributed by atoms with Crippen LogP contribution in [0.25, 0.3) is 11.1 Å². The molecule has 0 saturated carbocycles. The molecule has 0 amide bonds. The second-order valence-electron chi connectivity index (χ2n) is 4.37. The summed E-state index contributed by atoms with van der Waals surface area (Å²) in [4.78, 5) is 14.4. The molecule has 108 valence electrons. The number of nitro benzene ring substituents is 1. The highest BCUT2D eigenvalue weighted by Crippen LogP contribution is 2.23. The fourth-order valence-corrected chi connectivity index (χ4v) is 1.89. The molecule has 2 heterocycles. The number of hydrogen-bond donors (Lipinski definition) is 1. The molecule has 9 nitrogen and oxygen atoms in total. The number of nitrogens with one attached hydrogen (secondary N) is 1. The Hall–Kier alpha value is -2.97. The van der Waals surface area contributed by atoms with Crippen molar-refractivity contribution in [3.63, 3.8) is 0 Å². The lowest BCUT2D eigenvalue weighted by Crippen LogP contribution is -2.07. The molecule has 0 radical (unpaired) electrons. The van der Waals surface area contributed by atoms with Crippen molar-refractivity contribution in [2.24, 2.45) is 0 Å². The Morgan fingerprint density at radius 3 is 3.10 bits per heavy atom. The van der Waals surface area contributed by atoms with Crippen LogP contribution in [0.3, 0.4) is 0 Å². The lowest BCUT2D eigenvalue weighted by molar-refractivity contribution is -0.384. The number of oxazole rings is 1. The lowest BCUT2D eigenvalue weighted by Gasteiger charge is -2.01. The average molecular weight is 288 g/mol. The zero-order valence-electron chi connectivity index (χ0n) is 11.0. The summed E-state index contributed by atoms with van der Waals surface area (Å²) in [6.45, 7) is 1.38. The highest BCUT2D eigenvalue weighted by Gasteiger charge is 2.11. The van der Waals surface area contributed by atoms with Gasteiger partial charge in [0, 0.05) is 31.4 Å². The molecule has 2 aromatic heterocycles. The van der Waals surface area contributed by atoms with Gasteiger partial charge in [-0.2, -0.15) is 4.98 Å². The Morgan fingerprint density at radius 2 is 2.33 bits per heavy atom. The van der Waals surface area contributed by atoms with Crippen molar-refractivity contribution in [3.8, 4) is 0 Å². The minimum Gasteiger partial charge on any atom is -0.424 e. The summed E-state index contributed by atoms with van der Waals surface area (Å²) in [6, 6.07) is 4.67. The Labute approximate surface area is 118 Å². The zero-order valence-corrected chi connectivity index (χ0v) is 11.0. The second kappa shape index (κ2) is 5.57. The minimum absolute atomic E-state index is 0.00599. The first-order valence-electron chi connectivity index (χ1n) is 6.35. The van der Waals surface area contributed by atoms with Gasteiger partial charge in [-0.15, -0.1) is 5.10 Å². The maximum absolute atomic E-state index is 10.7. The third kappa shape index (κ3) is 2.96. The molecule has 3 rings (SSSR count). The number of benzene rings is 1. The predicted octanol–water partition coefficient (Wildman–Crippen LogP) is 1.83. The SMILES string of the molecule is O=[N+]([O-])c1ccc2oc(NCCCn3ccnn3)nc2c1. The van der Waals surface area contributed by atoms with Crippen LogP contribution in [0.1, 0.15) is 6.42 Å². The highest BCUT2D eigenvalue weighted by atomic mass is 16.6. The Balaban J connectivity index is 1.60. The highest BCUT2D eigenvalue weighted by molar-refractivity contribution is 5.77. The summed E-state index contributed by atoms with van der Waals surface area (Å²) in [7, 11) is 0. The summed E-state index contributed by atoms with van der Waals surface area (Å²) >= 11 is 0. The molecular formula is C12H12N6O3. The van der Waals surface area contributed by atoms with Crippen LogP contribution in [0.5, 0.6) is 0 Å². The number of non-ortho nitro benzene ring substituents is 1. The second-order valence-corrected chi connectivity index (χ2v) is 4.37. The number of aryl methyl sites for hydroxylation is 1. The van der Waals surface area contributed by atoms with Crippen LogP contribution < -0.4 is 5.32 Å². The Morgan fingerprint density at radius 1 is 1.43 bits per heavy atom. The normalized spacial score (nSPS) is 10.9. The van der Waals surface area contributed by atoms with Crippen LogP contribution in [0, 0.1) is 10.1 Å². The van der Waals surface area contributed by atoms with Crippen molar-refractivity contribution < 1.29 is 9.34 Å². The van der Waals surface area contributed by atoms with Crippen LogP contribution in [-0.4, -0.2) is 31.4 Å². The van der Waals surface area contributed by atoms with Gasteiger partial charge in [-0.05, 0) is 12.5 Å². The van der Waals surface area contributed by atoms with Gasteiger partial charge >= 0.3 is 0 Å². The molecule has 0 atom stereocenters. The number of hydrogen-bond acceptors (Lipinski definition) is 7. The fourth-order valence-electron chi connectivity index (χ4n) is 1.89. The van der Waals surface area contributed by atoms with Gasteiger partial charge in [0.1, 0.15) is 5.52 Å². The van der Waals surface area contributed by atoms with Crippen LogP contribution in [-0.2, 0) is 6.54 Å². The van der Waals surface area contributed by atoms with Crippen LogP contribution >= 0.6 is 0 Å². The quantitative estimate of drug-likeness (QED) is 0.418. The van der Waals surface area contributed by atoms with E-state index >= 15 is 0 Å². The molecule has 1 N–H and O–H groups in total. The zero-order chi connectivity index (χ0) is 14.7. The van der Waals surface area contributed by atoms with Gasteiger partial charge in [-0.3, -0.25) is 14.8 Å². The molecule has 0 saturated heterocycles. The van der Waals surface area contributed by atoms with E-state index in [1.54, 1.807) is 23.1 Å². The molecule has 21 heavy (non-hydrogen) atoms. The molecule has 0 unspecified atom stereocenters. The first-order chi connectivity index (χ1) is 10.2. The number of nitro groups is 1. The number of rotatable bonds is 6. The number of anilines is 1. The molecule has 1 aromatic carbocycles. The molecule has 3 aromatic rings. The largest absolute Gasteiger partial charge is 0.424 e. The van der Waals surface area contributed by atoms with E-state index in [-0.39, 0.29) is 5.69 Å². The maximum atomic E-state index is 10.7. The monoisotopic (exact) mass is 288 g/mol. The van der Waals surface area contributed by atoms with E-state index in [1.165, 1.54) is 12.1 Å². The van der Waals surface area contributed by atoms with Crippen LogP contribution in [0.4, 0.5) is 11.7 Å². The van der Waals surface area contributed by atoms with Gasteiger partial charge in [-0.1, -0.05) is 5.21 Å². The molecule has 0 fully saturated rings. The standard InChI is InChI=1S/C12H12N6O3/c19-18(20)9-2-3-11-10(8-9)15-12(21-11)13-4-1-6-17-7-5-14-16-17/h2-3,5,7-8H,1,4,6H2,(H,13,15). The number of nitrogens with zero attached hydrogens (tertiary/aromatic N) is 5. The third-order valence-corrected chi connectivity index (χ3v) is 2.89. The molecule has 9 heteroatoms. The van der Waals surface area contributed by atoms with E-state index in [9.17, 15) is 10.1 Å². The minimum atomic E-state index is -0.459. The third-order valence-electron chi connectivity index (χ3n) is 2.89. The predicted molar refractivity (Wildman–Crippen MR) is 73.8 cm³/mol. The average Bonchev–Trinajstić information content (AvgIpc) is 3.11. The van der Waals surface area contributed by atoms with Gasteiger partial charge < -0.3 is 9.73 Å². The van der Waals surface area contributed by atoms with Crippen LogP contribution in [0.2, 0.25) is 0 Å². The summed E-state index contributed by atoms with van der Waals surface area (Å²) in [5.41, 5.74) is 0.968. The maximum Gasteiger partial charge on any atom is 0.295 e. The van der Waals surface area contributed by atoms with Crippen molar-refractivity contribution in [3.05, 3.63) is 40.7 Å². The molecule has 0 bridgehead atoms. The van der Waals surface area contributed by atoms with E-state index < -0.39 is 4.92 Å². The van der Waals surface area contributed by atoms with Gasteiger partial charge in [0.25, 0.3) is 11.7 Å². The van der Waals surface area contributed by atoms with Crippen molar-refractivity contribution in [1.82, 2.24) is 20.0 Å². The number of fused-ring (bicyclic) bond motifs is 1. The molecule has 0 aliphatic rings. The molecular weight excluding hydrogens is 276 g/mol. The van der Waals surface area contributed by atoms with E-state index in [1.807, 2.05) is 0 Å². The van der Waals surface area contributed by atoms with Crippen molar-refractivity contribution in [2.45, 2.75) is 13.0 Å². The van der Waals surface area contributed by atoms with Crippen molar-refractivity contribution in [1.29, 1.82) is 0 Å². The first-order valence-corrected chi connectivity index (χ1v) is 6.35.